The molecule has 0 saturated carbocycles. The van der Waals surface area contributed by atoms with Crippen molar-refractivity contribution in [1.29, 1.82) is 0 Å². The van der Waals surface area contributed by atoms with Gasteiger partial charge in [0.1, 0.15) is 11.5 Å². The molecule has 0 unspecified atom stereocenters. The predicted molar refractivity (Wildman–Crippen MR) is 108 cm³/mol. The highest BCUT2D eigenvalue weighted by atomic mass is 79.9. The molecule has 126 valence electrons. The molecule has 25 heavy (non-hydrogen) atoms. The molecule has 0 saturated heterocycles. The van der Waals surface area contributed by atoms with Crippen molar-refractivity contribution in [2.24, 2.45) is 0 Å². The third-order valence-electron chi connectivity index (χ3n) is 4.33. The topological polar surface area (TPSA) is 51.3 Å². The summed E-state index contributed by atoms with van der Waals surface area (Å²) < 4.78 is 12.7. The van der Waals surface area contributed by atoms with Gasteiger partial charge < -0.3 is 14.5 Å². The summed E-state index contributed by atoms with van der Waals surface area (Å²) in [5, 5.41) is 2.94. The van der Waals surface area contributed by atoms with Crippen LogP contribution < -0.4 is 14.9 Å². The molecule has 0 bridgehead atoms. The number of benzene rings is 3. The number of aromatic nitrogens is 1. The van der Waals surface area contributed by atoms with Gasteiger partial charge in [0, 0.05) is 27.1 Å². The zero-order valence-electron chi connectivity index (χ0n) is 13.4. The molecule has 0 spiro atoms. The SMILES string of the molecule is COc1c(Br)c(Br)c(OC)c2cc3c(=O)c4ccccc4[nH]c3cc12. The summed E-state index contributed by atoms with van der Waals surface area (Å²) in [6.45, 7) is 0. The summed E-state index contributed by atoms with van der Waals surface area (Å²) in [7, 11) is 3.22. The number of methoxy groups -OCH3 is 2. The van der Waals surface area contributed by atoms with Crippen LogP contribution in [-0.4, -0.2) is 19.2 Å². The highest BCUT2D eigenvalue weighted by Gasteiger charge is 2.19. The highest BCUT2D eigenvalue weighted by Crippen LogP contribution is 2.47. The van der Waals surface area contributed by atoms with Crippen LogP contribution in [0.2, 0.25) is 0 Å². The number of H-pyrrole nitrogens is 1. The molecule has 0 fully saturated rings. The summed E-state index contributed by atoms with van der Waals surface area (Å²) >= 11 is 7.09. The molecular weight excluding hydrogens is 450 g/mol. The fourth-order valence-corrected chi connectivity index (χ4v) is 4.29. The minimum atomic E-state index is -0.00805. The van der Waals surface area contributed by atoms with E-state index in [1.807, 2.05) is 36.4 Å². The van der Waals surface area contributed by atoms with Gasteiger partial charge in [-0.1, -0.05) is 12.1 Å². The molecule has 3 aromatic carbocycles. The Labute approximate surface area is 160 Å². The summed E-state index contributed by atoms with van der Waals surface area (Å²) in [4.78, 5) is 16.3. The third-order valence-corrected chi connectivity index (χ3v) is 6.38. The molecule has 0 atom stereocenters. The minimum absolute atomic E-state index is 0.00805. The molecule has 1 N–H and O–H groups in total. The third kappa shape index (κ3) is 2.35. The molecule has 0 radical (unpaired) electrons. The van der Waals surface area contributed by atoms with Crippen molar-refractivity contribution < 1.29 is 9.47 Å². The van der Waals surface area contributed by atoms with Gasteiger partial charge in [0.25, 0.3) is 0 Å². The van der Waals surface area contributed by atoms with Crippen LogP contribution in [0.15, 0.2) is 50.1 Å². The van der Waals surface area contributed by atoms with Crippen molar-refractivity contribution >= 4 is 64.4 Å². The van der Waals surface area contributed by atoms with E-state index in [1.165, 1.54) is 0 Å². The Bertz CT molecular complexity index is 1210. The number of pyridine rings is 1. The zero-order chi connectivity index (χ0) is 17.7. The van der Waals surface area contributed by atoms with Crippen molar-refractivity contribution in [2.45, 2.75) is 0 Å². The zero-order valence-corrected chi connectivity index (χ0v) is 16.6. The van der Waals surface area contributed by atoms with Gasteiger partial charge in [-0.15, -0.1) is 0 Å². The average molecular weight is 463 g/mol. The molecular formula is C19H13Br2NO3. The summed E-state index contributed by atoms with van der Waals surface area (Å²) in [6, 6.07) is 11.3. The van der Waals surface area contributed by atoms with Crippen LogP contribution in [-0.2, 0) is 0 Å². The predicted octanol–water partition coefficient (Wildman–Crippen LogP) is 5.38. The quantitative estimate of drug-likeness (QED) is 0.407. The number of hydrogen-bond acceptors (Lipinski definition) is 3. The number of para-hydroxylation sites is 1. The lowest BCUT2D eigenvalue weighted by Crippen LogP contribution is -2.04. The Hall–Kier alpha value is -2.05. The Kier molecular flexibility index (Phi) is 3.96. The Balaban J connectivity index is 2.27. The van der Waals surface area contributed by atoms with Crippen molar-refractivity contribution in [2.75, 3.05) is 14.2 Å². The average Bonchev–Trinajstić information content (AvgIpc) is 2.62. The van der Waals surface area contributed by atoms with Gasteiger partial charge in [-0.05, 0) is 56.1 Å². The molecule has 4 aromatic rings. The van der Waals surface area contributed by atoms with Gasteiger partial charge in [0.05, 0.1) is 28.7 Å². The molecule has 0 aliphatic carbocycles. The molecule has 0 aliphatic rings. The molecule has 0 amide bonds. The first-order valence-corrected chi connectivity index (χ1v) is 9.12. The summed E-state index contributed by atoms with van der Waals surface area (Å²) in [5.41, 5.74) is 1.55. The highest BCUT2D eigenvalue weighted by molar-refractivity contribution is 9.13. The number of nitrogens with one attached hydrogen (secondary N) is 1. The second-order valence-electron chi connectivity index (χ2n) is 5.64. The van der Waals surface area contributed by atoms with Crippen molar-refractivity contribution in [3.63, 3.8) is 0 Å². The van der Waals surface area contributed by atoms with Crippen molar-refractivity contribution in [3.05, 3.63) is 55.6 Å². The van der Waals surface area contributed by atoms with E-state index >= 15 is 0 Å². The second-order valence-corrected chi connectivity index (χ2v) is 7.22. The van der Waals surface area contributed by atoms with E-state index in [0.717, 1.165) is 30.8 Å². The van der Waals surface area contributed by atoms with Crippen LogP contribution in [0.25, 0.3) is 32.6 Å². The van der Waals surface area contributed by atoms with Gasteiger partial charge in [0.15, 0.2) is 5.43 Å². The number of aromatic amines is 1. The number of hydrogen-bond donors (Lipinski definition) is 1. The van der Waals surface area contributed by atoms with E-state index in [4.69, 9.17) is 9.47 Å². The first-order chi connectivity index (χ1) is 12.1. The van der Waals surface area contributed by atoms with E-state index in [0.29, 0.717) is 22.3 Å². The second kappa shape index (κ2) is 6.04. The van der Waals surface area contributed by atoms with E-state index in [2.05, 4.69) is 36.8 Å². The summed E-state index contributed by atoms with van der Waals surface area (Å²) in [6.07, 6.45) is 0. The lowest BCUT2D eigenvalue weighted by molar-refractivity contribution is 0.406. The van der Waals surface area contributed by atoms with E-state index in [-0.39, 0.29) is 5.43 Å². The van der Waals surface area contributed by atoms with Gasteiger partial charge in [0.2, 0.25) is 0 Å². The lowest BCUT2D eigenvalue weighted by atomic mass is 10.0. The number of ether oxygens (including phenoxy) is 2. The van der Waals surface area contributed by atoms with E-state index < -0.39 is 0 Å². The van der Waals surface area contributed by atoms with Crippen molar-refractivity contribution in [3.8, 4) is 11.5 Å². The maximum atomic E-state index is 12.9. The van der Waals surface area contributed by atoms with Crippen LogP contribution in [0.1, 0.15) is 0 Å². The van der Waals surface area contributed by atoms with Crippen LogP contribution in [0.3, 0.4) is 0 Å². The smallest absolute Gasteiger partial charge is 0.197 e. The lowest BCUT2D eigenvalue weighted by Gasteiger charge is -2.15. The fraction of sp³-hybridized carbons (Fsp3) is 0.105. The largest absolute Gasteiger partial charge is 0.495 e. The van der Waals surface area contributed by atoms with Crippen molar-refractivity contribution in [1.82, 2.24) is 4.98 Å². The Morgan fingerprint density at radius 2 is 1.40 bits per heavy atom. The van der Waals surface area contributed by atoms with Crippen LogP contribution in [0.4, 0.5) is 0 Å². The monoisotopic (exact) mass is 461 g/mol. The van der Waals surface area contributed by atoms with Gasteiger partial charge >= 0.3 is 0 Å². The van der Waals surface area contributed by atoms with E-state index in [1.54, 1.807) is 14.2 Å². The molecule has 4 rings (SSSR count). The Morgan fingerprint density at radius 1 is 0.800 bits per heavy atom. The van der Waals surface area contributed by atoms with Gasteiger partial charge in [-0.2, -0.15) is 0 Å². The Morgan fingerprint density at radius 3 is 2.04 bits per heavy atom. The van der Waals surface area contributed by atoms with Crippen LogP contribution in [0.5, 0.6) is 11.5 Å². The molecule has 6 heteroatoms. The molecule has 1 aromatic heterocycles. The standard InChI is InChI=1S/C19H13Br2NO3/c1-24-18-10-7-12-14(8-11(10)19(25-2)16(21)15(18)20)22-13-6-4-3-5-9(13)17(12)23/h3-8H,1-2H3,(H,22,23). The van der Waals surface area contributed by atoms with Crippen LogP contribution >= 0.6 is 31.9 Å². The minimum Gasteiger partial charge on any atom is -0.495 e. The summed E-state index contributed by atoms with van der Waals surface area (Å²) in [5.74, 6) is 1.33. The van der Waals surface area contributed by atoms with E-state index in [9.17, 15) is 4.79 Å². The number of halogens is 2. The number of fused-ring (bicyclic) bond motifs is 3. The first-order valence-electron chi connectivity index (χ1n) is 7.54. The molecule has 4 nitrogen and oxygen atoms in total. The molecule has 0 aliphatic heterocycles. The van der Waals surface area contributed by atoms with Crippen LogP contribution in [0, 0.1) is 0 Å². The van der Waals surface area contributed by atoms with Gasteiger partial charge in [-0.25, -0.2) is 0 Å². The normalized spacial score (nSPS) is 11.4. The molecule has 1 heterocycles. The maximum Gasteiger partial charge on any atom is 0.197 e. The number of rotatable bonds is 2. The van der Waals surface area contributed by atoms with Gasteiger partial charge in [-0.3, -0.25) is 4.79 Å². The fourth-order valence-electron chi connectivity index (χ4n) is 3.18. The first kappa shape index (κ1) is 16.4. The maximum absolute atomic E-state index is 12.9.